The normalized spacial score (nSPS) is 24.4. The van der Waals surface area contributed by atoms with Crippen LogP contribution < -0.4 is 0 Å². The molecule has 0 aromatic carbocycles. The number of aliphatic hydroxyl groups is 1. The molecule has 1 aliphatic carbocycles. The third kappa shape index (κ3) is 2.03. The first-order valence-electron chi connectivity index (χ1n) is 5.01. The summed E-state index contributed by atoms with van der Waals surface area (Å²) in [6.45, 7) is 3.91. The highest BCUT2D eigenvalue weighted by atomic mass is 16.3. The Morgan fingerprint density at radius 2 is 2.21 bits per heavy atom. The van der Waals surface area contributed by atoms with Gasteiger partial charge in [-0.25, -0.2) is 0 Å². The number of hydrogen-bond donors (Lipinski definition) is 1. The molecular weight excluding hydrogens is 178 g/mol. The third-order valence-corrected chi connectivity index (χ3v) is 2.54. The van der Waals surface area contributed by atoms with Gasteiger partial charge in [-0.1, -0.05) is 13.8 Å². The van der Waals surface area contributed by atoms with Crippen molar-refractivity contribution in [1.29, 1.82) is 0 Å². The van der Waals surface area contributed by atoms with E-state index >= 15 is 0 Å². The molecule has 14 heavy (non-hydrogen) atoms. The summed E-state index contributed by atoms with van der Waals surface area (Å²) in [4.78, 5) is 15.7. The van der Waals surface area contributed by atoms with E-state index in [-0.39, 0.29) is 17.5 Å². The van der Waals surface area contributed by atoms with E-state index < -0.39 is 0 Å². The average Bonchev–Trinajstić information content (AvgIpc) is 2.10. The SMILES string of the molecule is CCC(=NC)C1=C(O)CC(C)CC1=O. The van der Waals surface area contributed by atoms with Crippen LogP contribution in [0.25, 0.3) is 0 Å². The van der Waals surface area contributed by atoms with Crippen molar-refractivity contribution in [3.8, 4) is 0 Å². The fraction of sp³-hybridized carbons (Fsp3) is 0.636. The lowest BCUT2D eigenvalue weighted by molar-refractivity contribution is -0.116. The number of carbonyl (C=O) groups is 1. The molecule has 0 aromatic heterocycles. The van der Waals surface area contributed by atoms with Gasteiger partial charge in [0.25, 0.3) is 0 Å². The van der Waals surface area contributed by atoms with Gasteiger partial charge in [0.05, 0.1) is 5.57 Å². The van der Waals surface area contributed by atoms with Crippen molar-refractivity contribution < 1.29 is 9.90 Å². The summed E-state index contributed by atoms with van der Waals surface area (Å²) in [5, 5.41) is 9.72. The van der Waals surface area contributed by atoms with Gasteiger partial charge in [0, 0.05) is 25.6 Å². The van der Waals surface area contributed by atoms with Crippen molar-refractivity contribution >= 4 is 11.5 Å². The van der Waals surface area contributed by atoms with Crippen LogP contribution in [0.15, 0.2) is 16.3 Å². The van der Waals surface area contributed by atoms with Gasteiger partial charge in [0.1, 0.15) is 5.76 Å². The molecule has 3 nitrogen and oxygen atoms in total. The maximum absolute atomic E-state index is 11.7. The van der Waals surface area contributed by atoms with Crippen LogP contribution in [-0.2, 0) is 4.79 Å². The molecule has 0 aliphatic heterocycles. The minimum absolute atomic E-state index is 0.0312. The van der Waals surface area contributed by atoms with Gasteiger partial charge in [-0.2, -0.15) is 0 Å². The Labute approximate surface area is 84.5 Å². The number of rotatable bonds is 2. The van der Waals surface area contributed by atoms with Crippen LogP contribution >= 0.6 is 0 Å². The monoisotopic (exact) mass is 195 g/mol. The van der Waals surface area contributed by atoms with Crippen molar-refractivity contribution in [3.63, 3.8) is 0 Å². The lowest BCUT2D eigenvalue weighted by atomic mass is 9.86. The second-order valence-electron chi connectivity index (χ2n) is 3.78. The average molecular weight is 195 g/mol. The number of Topliss-reactive ketones (excluding diaryl/α,β-unsaturated/α-hetero) is 1. The zero-order valence-electron chi connectivity index (χ0n) is 9.00. The predicted octanol–water partition coefficient (Wildman–Crippen LogP) is 2.28. The maximum Gasteiger partial charge on any atom is 0.168 e. The molecule has 0 spiro atoms. The number of aliphatic imine (C=N–C) groups is 1. The second kappa shape index (κ2) is 4.40. The van der Waals surface area contributed by atoms with Crippen LogP contribution in [0, 0.1) is 5.92 Å². The molecule has 0 heterocycles. The first kappa shape index (κ1) is 11.0. The van der Waals surface area contributed by atoms with Gasteiger partial charge < -0.3 is 5.11 Å². The Morgan fingerprint density at radius 1 is 1.57 bits per heavy atom. The maximum atomic E-state index is 11.7. The third-order valence-electron chi connectivity index (χ3n) is 2.54. The quantitative estimate of drug-likeness (QED) is 0.687. The van der Waals surface area contributed by atoms with Crippen molar-refractivity contribution in [2.75, 3.05) is 7.05 Å². The topological polar surface area (TPSA) is 49.7 Å². The second-order valence-corrected chi connectivity index (χ2v) is 3.78. The van der Waals surface area contributed by atoms with Crippen LogP contribution in [0.4, 0.5) is 0 Å². The number of aliphatic hydroxyl groups excluding tert-OH is 1. The van der Waals surface area contributed by atoms with Gasteiger partial charge in [0.2, 0.25) is 0 Å². The summed E-state index contributed by atoms with van der Waals surface area (Å²) in [5.41, 5.74) is 1.19. The molecule has 1 atom stereocenters. The summed E-state index contributed by atoms with van der Waals surface area (Å²) < 4.78 is 0. The number of ketones is 1. The predicted molar refractivity (Wildman–Crippen MR) is 56.7 cm³/mol. The minimum atomic E-state index is 0.0312. The van der Waals surface area contributed by atoms with E-state index in [1.165, 1.54) is 0 Å². The Bertz CT molecular complexity index is 302. The fourth-order valence-electron chi connectivity index (χ4n) is 1.86. The van der Waals surface area contributed by atoms with E-state index in [1.807, 2.05) is 13.8 Å². The zero-order valence-corrected chi connectivity index (χ0v) is 9.00. The standard InChI is InChI=1S/C11H17NO2/c1-4-8(12-3)11-9(13)5-7(2)6-10(11)14/h7,13H,4-6H2,1-3H3. The molecule has 1 unspecified atom stereocenters. The smallest absolute Gasteiger partial charge is 0.168 e. The van der Waals surface area contributed by atoms with Crippen molar-refractivity contribution in [2.45, 2.75) is 33.1 Å². The van der Waals surface area contributed by atoms with Crippen LogP contribution in [-0.4, -0.2) is 23.6 Å². The Morgan fingerprint density at radius 3 is 2.64 bits per heavy atom. The summed E-state index contributed by atoms with van der Waals surface area (Å²) >= 11 is 0. The van der Waals surface area contributed by atoms with Gasteiger partial charge in [-0.05, 0) is 12.3 Å². The summed E-state index contributed by atoms with van der Waals surface area (Å²) in [5.74, 6) is 0.501. The highest BCUT2D eigenvalue weighted by Crippen LogP contribution is 2.26. The molecule has 1 rings (SSSR count). The number of nitrogens with zero attached hydrogens (tertiary/aromatic N) is 1. The first-order valence-corrected chi connectivity index (χ1v) is 5.01. The molecule has 0 bridgehead atoms. The van der Waals surface area contributed by atoms with Gasteiger partial charge in [-0.3, -0.25) is 9.79 Å². The van der Waals surface area contributed by atoms with E-state index in [1.54, 1.807) is 7.05 Å². The fourth-order valence-corrected chi connectivity index (χ4v) is 1.86. The molecule has 1 aliphatic rings. The lowest BCUT2D eigenvalue weighted by Crippen LogP contribution is -2.23. The van der Waals surface area contributed by atoms with E-state index in [0.717, 1.165) is 5.71 Å². The van der Waals surface area contributed by atoms with Crippen LogP contribution in [0.2, 0.25) is 0 Å². The molecule has 0 saturated heterocycles. The molecule has 0 fully saturated rings. The minimum Gasteiger partial charge on any atom is -0.511 e. The Kier molecular flexibility index (Phi) is 3.44. The summed E-state index contributed by atoms with van der Waals surface area (Å²) in [6, 6.07) is 0. The zero-order chi connectivity index (χ0) is 10.7. The van der Waals surface area contributed by atoms with Crippen LogP contribution in [0.5, 0.6) is 0 Å². The van der Waals surface area contributed by atoms with Crippen LogP contribution in [0.1, 0.15) is 33.1 Å². The largest absolute Gasteiger partial charge is 0.511 e. The van der Waals surface area contributed by atoms with Crippen molar-refractivity contribution in [3.05, 3.63) is 11.3 Å². The highest BCUT2D eigenvalue weighted by Gasteiger charge is 2.27. The molecule has 3 heteroatoms. The lowest BCUT2D eigenvalue weighted by Gasteiger charge is -2.20. The molecule has 0 aromatic rings. The molecule has 0 radical (unpaired) electrons. The summed E-state index contributed by atoms with van der Waals surface area (Å²) in [6.07, 6.45) is 1.81. The molecule has 0 amide bonds. The first-order chi connectivity index (χ1) is 6.60. The van der Waals surface area contributed by atoms with Gasteiger partial charge in [-0.15, -0.1) is 0 Å². The van der Waals surface area contributed by atoms with Gasteiger partial charge >= 0.3 is 0 Å². The van der Waals surface area contributed by atoms with E-state index in [9.17, 15) is 9.90 Å². The number of hydrogen-bond acceptors (Lipinski definition) is 3. The Hall–Kier alpha value is -1.12. The van der Waals surface area contributed by atoms with E-state index in [0.29, 0.717) is 24.8 Å². The molecular formula is C11H17NO2. The van der Waals surface area contributed by atoms with Crippen molar-refractivity contribution in [1.82, 2.24) is 0 Å². The van der Waals surface area contributed by atoms with E-state index in [4.69, 9.17) is 0 Å². The van der Waals surface area contributed by atoms with Crippen molar-refractivity contribution in [2.24, 2.45) is 10.9 Å². The summed E-state index contributed by atoms with van der Waals surface area (Å²) in [7, 11) is 1.66. The van der Waals surface area contributed by atoms with Gasteiger partial charge in [0.15, 0.2) is 5.78 Å². The number of allylic oxidation sites excluding steroid dienone is 2. The molecule has 78 valence electrons. The van der Waals surface area contributed by atoms with E-state index in [2.05, 4.69) is 4.99 Å². The highest BCUT2D eigenvalue weighted by molar-refractivity contribution is 6.23. The molecule has 1 N–H and O–H groups in total. The molecule has 0 saturated carbocycles. The Balaban J connectivity index is 3.06. The van der Waals surface area contributed by atoms with Crippen LogP contribution in [0.3, 0.4) is 0 Å². The number of carbonyl (C=O) groups excluding carboxylic acids is 1.